The molecule has 0 unspecified atom stereocenters. The molecule has 0 bridgehead atoms. The molecule has 4 rings (SSSR count). The molecule has 0 radical (unpaired) electrons. The lowest BCUT2D eigenvalue weighted by Crippen LogP contribution is -2.34. The SMILES string of the molecule is CC(=O)NC[C@H]1CN(c2ccc(-c3ccc(/C=N/N4CCS(=O)CC4)nc3)c(F)c2)C(=O)O1. The molecule has 2 fully saturated rings. The smallest absolute Gasteiger partial charge is 0.414 e. The van der Waals surface area contributed by atoms with E-state index in [9.17, 15) is 18.2 Å². The molecule has 9 nitrogen and oxygen atoms in total. The summed E-state index contributed by atoms with van der Waals surface area (Å²) in [6.45, 7) is 3.11. The van der Waals surface area contributed by atoms with E-state index in [1.165, 1.54) is 17.9 Å². The summed E-state index contributed by atoms with van der Waals surface area (Å²) >= 11 is 0. The summed E-state index contributed by atoms with van der Waals surface area (Å²) < 4.78 is 31.5. The van der Waals surface area contributed by atoms with E-state index in [4.69, 9.17) is 4.74 Å². The van der Waals surface area contributed by atoms with Crippen LogP contribution in [0.4, 0.5) is 14.9 Å². The zero-order chi connectivity index (χ0) is 23.4. The molecule has 0 spiro atoms. The summed E-state index contributed by atoms with van der Waals surface area (Å²) in [7, 11) is -0.755. The number of nitrogens with one attached hydrogen (secondary N) is 1. The third kappa shape index (κ3) is 5.72. The molecule has 2 amide bonds. The van der Waals surface area contributed by atoms with E-state index in [1.807, 2.05) is 5.01 Å². The van der Waals surface area contributed by atoms with Gasteiger partial charge in [-0.1, -0.05) is 6.07 Å². The molecule has 0 aliphatic carbocycles. The molecule has 1 aromatic carbocycles. The fourth-order valence-corrected chi connectivity index (χ4v) is 4.56. The lowest BCUT2D eigenvalue weighted by Gasteiger charge is -2.22. The van der Waals surface area contributed by atoms with Gasteiger partial charge in [0.05, 0.1) is 30.7 Å². The van der Waals surface area contributed by atoms with E-state index in [0.717, 1.165) is 0 Å². The Hall–Kier alpha value is -3.34. The number of hydrogen-bond acceptors (Lipinski definition) is 7. The molecule has 0 saturated carbocycles. The molecule has 1 aromatic heterocycles. The van der Waals surface area contributed by atoms with Crippen molar-refractivity contribution in [2.75, 3.05) is 42.6 Å². The number of hydrazone groups is 1. The van der Waals surface area contributed by atoms with Crippen molar-refractivity contribution in [3.63, 3.8) is 0 Å². The van der Waals surface area contributed by atoms with Gasteiger partial charge in [0.15, 0.2) is 0 Å². The minimum absolute atomic E-state index is 0.205. The third-order valence-corrected chi connectivity index (χ3v) is 6.60. The van der Waals surface area contributed by atoms with Gasteiger partial charge < -0.3 is 10.1 Å². The number of ether oxygens (including phenoxy) is 1. The molecular weight excluding hydrogens is 449 g/mol. The van der Waals surface area contributed by atoms with Crippen LogP contribution in [0.25, 0.3) is 11.1 Å². The largest absolute Gasteiger partial charge is 0.442 e. The van der Waals surface area contributed by atoms with Crippen LogP contribution in [-0.4, -0.2) is 76.2 Å². The first-order chi connectivity index (χ1) is 15.9. The number of benzene rings is 1. The van der Waals surface area contributed by atoms with Crippen molar-refractivity contribution in [3.8, 4) is 11.1 Å². The van der Waals surface area contributed by atoms with Crippen molar-refractivity contribution < 1.29 is 22.9 Å². The molecule has 2 saturated heterocycles. The average molecular weight is 474 g/mol. The number of carbonyl (C=O) groups is 2. The normalized spacial score (nSPS) is 19.2. The van der Waals surface area contributed by atoms with Gasteiger partial charge in [0, 0.05) is 59.6 Å². The van der Waals surface area contributed by atoms with Crippen LogP contribution in [0, 0.1) is 5.82 Å². The molecule has 1 N–H and O–H groups in total. The number of aromatic nitrogens is 1. The summed E-state index contributed by atoms with van der Waals surface area (Å²) in [6.07, 6.45) is 2.13. The monoisotopic (exact) mass is 473 g/mol. The Bertz CT molecular complexity index is 1080. The maximum absolute atomic E-state index is 14.9. The van der Waals surface area contributed by atoms with Crippen LogP contribution in [0.1, 0.15) is 12.6 Å². The van der Waals surface area contributed by atoms with E-state index in [-0.39, 0.29) is 19.0 Å². The summed E-state index contributed by atoms with van der Waals surface area (Å²) in [5.41, 5.74) is 1.96. The quantitative estimate of drug-likeness (QED) is 0.641. The van der Waals surface area contributed by atoms with Gasteiger partial charge in [-0.3, -0.25) is 23.9 Å². The van der Waals surface area contributed by atoms with E-state index >= 15 is 0 Å². The molecule has 11 heteroatoms. The van der Waals surface area contributed by atoms with E-state index in [2.05, 4.69) is 15.4 Å². The number of rotatable bonds is 6. The second-order valence-corrected chi connectivity index (χ2v) is 9.43. The van der Waals surface area contributed by atoms with Crippen molar-refractivity contribution in [2.45, 2.75) is 13.0 Å². The lowest BCUT2D eigenvalue weighted by atomic mass is 10.1. The Morgan fingerprint density at radius 2 is 2.12 bits per heavy atom. The highest BCUT2D eigenvalue weighted by Crippen LogP contribution is 2.28. The number of amides is 2. The number of halogens is 1. The number of nitrogens with zero attached hydrogens (tertiary/aromatic N) is 4. The Balaban J connectivity index is 1.41. The van der Waals surface area contributed by atoms with Crippen LogP contribution in [-0.2, 0) is 20.3 Å². The zero-order valence-corrected chi connectivity index (χ0v) is 18.9. The van der Waals surface area contributed by atoms with Gasteiger partial charge >= 0.3 is 6.09 Å². The van der Waals surface area contributed by atoms with Crippen LogP contribution in [0.2, 0.25) is 0 Å². The van der Waals surface area contributed by atoms with Crippen molar-refractivity contribution in [3.05, 3.63) is 48.0 Å². The van der Waals surface area contributed by atoms with Gasteiger partial charge in [-0.15, -0.1) is 0 Å². The number of anilines is 1. The first-order valence-electron chi connectivity index (χ1n) is 10.5. The molecule has 33 heavy (non-hydrogen) atoms. The second-order valence-electron chi connectivity index (χ2n) is 7.74. The van der Waals surface area contributed by atoms with Gasteiger partial charge in [-0.2, -0.15) is 5.10 Å². The van der Waals surface area contributed by atoms with Gasteiger partial charge in [-0.25, -0.2) is 9.18 Å². The highest BCUT2D eigenvalue weighted by molar-refractivity contribution is 7.85. The summed E-state index contributed by atoms with van der Waals surface area (Å²) in [5, 5.41) is 8.83. The third-order valence-electron chi connectivity index (χ3n) is 5.32. The molecule has 2 aliphatic heterocycles. The highest BCUT2D eigenvalue weighted by Gasteiger charge is 2.32. The predicted octanol–water partition coefficient (Wildman–Crippen LogP) is 1.75. The maximum atomic E-state index is 14.9. The molecule has 2 aliphatic rings. The van der Waals surface area contributed by atoms with Crippen LogP contribution in [0.5, 0.6) is 0 Å². The maximum Gasteiger partial charge on any atom is 0.414 e. The van der Waals surface area contributed by atoms with Crippen molar-refractivity contribution in [1.82, 2.24) is 15.3 Å². The fraction of sp³-hybridized carbons (Fsp3) is 0.364. The topological polar surface area (TPSA) is 104 Å². The van der Waals surface area contributed by atoms with Gasteiger partial charge in [0.2, 0.25) is 5.91 Å². The Morgan fingerprint density at radius 3 is 2.79 bits per heavy atom. The number of carbonyl (C=O) groups excluding carboxylic acids is 2. The molecule has 1 atom stereocenters. The van der Waals surface area contributed by atoms with Gasteiger partial charge in [0.25, 0.3) is 0 Å². The summed E-state index contributed by atoms with van der Waals surface area (Å²) in [4.78, 5) is 28.9. The predicted molar refractivity (Wildman–Crippen MR) is 123 cm³/mol. The Labute approximate surface area is 193 Å². The molecular formula is C22H24FN5O4S. The van der Waals surface area contributed by atoms with Gasteiger partial charge in [-0.05, 0) is 24.3 Å². The van der Waals surface area contributed by atoms with E-state index in [1.54, 1.807) is 36.7 Å². The first kappa shape index (κ1) is 22.8. The van der Waals surface area contributed by atoms with Crippen molar-refractivity contribution in [1.29, 1.82) is 0 Å². The standard InChI is InChI=1S/C22H24FN5O4S/c1-15(29)24-13-19-14-28(22(30)32-19)18-4-5-20(21(23)10-18)16-2-3-17(25-11-16)12-26-27-6-8-33(31)9-7-27/h2-5,10-12,19H,6-9,13-14H2,1H3,(H,24,29)/b26-12+/t19-/m0/s1. The molecule has 174 valence electrons. The average Bonchev–Trinajstić information content (AvgIpc) is 3.18. The van der Waals surface area contributed by atoms with Crippen LogP contribution >= 0.6 is 0 Å². The lowest BCUT2D eigenvalue weighted by molar-refractivity contribution is -0.119. The van der Waals surface area contributed by atoms with Crippen molar-refractivity contribution >= 4 is 34.7 Å². The first-order valence-corrected chi connectivity index (χ1v) is 12.0. The van der Waals surface area contributed by atoms with Gasteiger partial charge in [0.1, 0.15) is 11.9 Å². The van der Waals surface area contributed by atoms with Crippen LogP contribution < -0.4 is 10.2 Å². The molecule has 2 aromatic rings. The number of cyclic esters (lactones) is 1. The van der Waals surface area contributed by atoms with E-state index in [0.29, 0.717) is 47.1 Å². The zero-order valence-electron chi connectivity index (χ0n) is 18.1. The minimum Gasteiger partial charge on any atom is -0.442 e. The summed E-state index contributed by atoms with van der Waals surface area (Å²) in [5.74, 6) is 0.527. The number of pyridine rings is 1. The van der Waals surface area contributed by atoms with Crippen LogP contribution in [0.3, 0.4) is 0 Å². The van der Waals surface area contributed by atoms with E-state index < -0.39 is 28.8 Å². The Morgan fingerprint density at radius 1 is 1.33 bits per heavy atom. The fourth-order valence-electron chi connectivity index (χ4n) is 3.53. The minimum atomic E-state index is -0.755. The van der Waals surface area contributed by atoms with Crippen molar-refractivity contribution in [2.24, 2.45) is 5.10 Å². The van der Waals surface area contributed by atoms with Crippen LogP contribution in [0.15, 0.2) is 41.6 Å². The highest BCUT2D eigenvalue weighted by atomic mass is 32.2. The molecule has 3 heterocycles. The summed E-state index contributed by atoms with van der Waals surface area (Å²) in [6, 6.07) is 8.03. The second kappa shape index (κ2) is 10.1. The Kier molecular flexibility index (Phi) is 6.97. The number of hydrogen-bond donors (Lipinski definition) is 1.